The van der Waals surface area contributed by atoms with Crippen LogP contribution in [0.5, 0.6) is 0 Å². The fraction of sp³-hybridized carbons (Fsp3) is 0.200. The van der Waals surface area contributed by atoms with Crippen LogP contribution in [0.25, 0.3) is 17.0 Å². The predicted molar refractivity (Wildman–Crippen MR) is 81.3 cm³/mol. The van der Waals surface area contributed by atoms with E-state index in [-0.39, 0.29) is 11.1 Å². The summed E-state index contributed by atoms with van der Waals surface area (Å²) in [6, 6.07) is 8.00. The van der Waals surface area contributed by atoms with Crippen LogP contribution in [-0.2, 0) is 11.8 Å². The lowest BCUT2D eigenvalue weighted by atomic mass is 10.1. The molecule has 5 heteroatoms. The summed E-state index contributed by atoms with van der Waals surface area (Å²) in [4.78, 5) is 25.6. The number of nitrogens with zero attached hydrogens (tertiary/aromatic N) is 2. The SMILES string of the molecule is CCN1C(=O)S/C(=C\c2cn(C)c3ccccc23)C1=O. The summed E-state index contributed by atoms with van der Waals surface area (Å²) < 4.78 is 2.02. The molecule has 102 valence electrons. The van der Waals surface area contributed by atoms with Crippen molar-refractivity contribution in [2.75, 3.05) is 6.54 Å². The Morgan fingerprint density at radius 2 is 2.00 bits per heavy atom. The third kappa shape index (κ3) is 1.94. The number of likely N-dealkylation sites (N-methyl/N-ethyl adjacent to an activating group) is 1. The highest BCUT2D eigenvalue weighted by atomic mass is 32.2. The number of imide groups is 1. The van der Waals surface area contributed by atoms with Crippen molar-refractivity contribution >= 4 is 39.9 Å². The zero-order chi connectivity index (χ0) is 14.3. The average molecular weight is 286 g/mol. The van der Waals surface area contributed by atoms with Gasteiger partial charge in [-0.1, -0.05) is 18.2 Å². The van der Waals surface area contributed by atoms with Gasteiger partial charge in [0.05, 0.1) is 4.91 Å². The van der Waals surface area contributed by atoms with Gasteiger partial charge in [-0.2, -0.15) is 0 Å². The molecule has 0 spiro atoms. The number of para-hydroxylation sites is 1. The maximum Gasteiger partial charge on any atom is 0.293 e. The second kappa shape index (κ2) is 4.83. The first kappa shape index (κ1) is 13.0. The highest BCUT2D eigenvalue weighted by Crippen LogP contribution is 2.33. The van der Waals surface area contributed by atoms with Crippen LogP contribution in [-0.4, -0.2) is 27.2 Å². The van der Waals surface area contributed by atoms with Gasteiger partial charge in [0.15, 0.2) is 0 Å². The number of aryl methyl sites for hydroxylation is 1. The maximum absolute atomic E-state index is 12.1. The van der Waals surface area contributed by atoms with Crippen LogP contribution in [0.3, 0.4) is 0 Å². The van der Waals surface area contributed by atoms with Crippen molar-refractivity contribution in [3.8, 4) is 0 Å². The van der Waals surface area contributed by atoms with E-state index in [1.165, 1.54) is 4.90 Å². The van der Waals surface area contributed by atoms with Crippen molar-refractivity contribution in [3.63, 3.8) is 0 Å². The van der Waals surface area contributed by atoms with E-state index in [2.05, 4.69) is 0 Å². The van der Waals surface area contributed by atoms with E-state index in [1.54, 1.807) is 6.92 Å². The molecule has 20 heavy (non-hydrogen) atoms. The topological polar surface area (TPSA) is 42.3 Å². The quantitative estimate of drug-likeness (QED) is 0.796. The minimum atomic E-state index is -0.199. The zero-order valence-electron chi connectivity index (χ0n) is 11.3. The number of rotatable bonds is 2. The van der Waals surface area contributed by atoms with Crippen LogP contribution >= 0.6 is 11.8 Å². The molecule has 1 aliphatic heterocycles. The number of benzene rings is 1. The Balaban J connectivity index is 2.08. The number of carbonyl (C=O) groups excluding carboxylic acids is 2. The normalized spacial score (nSPS) is 17.7. The number of amides is 2. The van der Waals surface area contributed by atoms with Crippen LogP contribution < -0.4 is 0 Å². The van der Waals surface area contributed by atoms with Gasteiger partial charge < -0.3 is 4.57 Å². The average Bonchev–Trinajstić information content (AvgIpc) is 2.89. The summed E-state index contributed by atoms with van der Waals surface area (Å²) in [7, 11) is 1.97. The van der Waals surface area contributed by atoms with Gasteiger partial charge in [0, 0.05) is 36.3 Å². The van der Waals surface area contributed by atoms with Gasteiger partial charge >= 0.3 is 0 Å². The molecule has 1 fully saturated rings. The van der Waals surface area contributed by atoms with Crippen LogP contribution in [0.2, 0.25) is 0 Å². The fourth-order valence-corrected chi connectivity index (χ4v) is 3.30. The molecule has 0 unspecified atom stereocenters. The Labute approximate surface area is 121 Å². The van der Waals surface area contributed by atoms with Crippen molar-refractivity contribution in [2.24, 2.45) is 7.05 Å². The van der Waals surface area contributed by atoms with E-state index >= 15 is 0 Å². The molecule has 3 rings (SSSR count). The smallest absolute Gasteiger partial charge is 0.293 e. The van der Waals surface area contributed by atoms with Gasteiger partial charge in [-0.05, 0) is 30.8 Å². The first-order valence-electron chi connectivity index (χ1n) is 6.41. The van der Waals surface area contributed by atoms with Crippen LogP contribution in [0.1, 0.15) is 12.5 Å². The second-order valence-corrected chi connectivity index (χ2v) is 5.63. The van der Waals surface area contributed by atoms with Gasteiger partial charge in [0.25, 0.3) is 11.1 Å². The number of fused-ring (bicyclic) bond motifs is 1. The van der Waals surface area contributed by atoms with E-state index in [0.717, 1.165) is 28.2 Å². The molecule has 2 amide bonds. The lowest BCUT2D eigenvalue weighted by Crippen LogP contribution is -2.27. The monoisotopic (exact) mass is 286 g/mol. The largest absolute Gasteiger partial charge is 0.350 e. The van der Waals surface area contributed by atoms with E-state index < -0.39 is 0 Å². The first-order valence-corrected chi connectivity index (χ1v) is 7.23. The first-order chi connectivity index (χ1) is 9.61. The molecule has 0 atom stereocenters. The number of thioether (sulfide) groups is 1. The molecule has 0 radical (unpaired) electrons. The Bertz CT molecular complexity index is 745. The Kier molecular flexibility index (Phi) is 3.14. The lowest BCUT2D eigenvalue weighted by Gasteiger charge is -2.06. The molecule has 1 saturated heterocycles. The highest BCUT2D eigenvalue weighted by Gasteiger charge is 2.33. The predicted octanol–water partition coefficient (Wildman–Crippen LogP) is 3.23. The Morgan fingerprint density at radius 3 is 2.70 bits per heavy atom. The Hall–Kier alpha value is -2.01. The second-order valence-electron chi connectivity index (χ2n) is 4.64. The van der Waals surface area contributed by atoms with Crippen molar-refractivity contribution in [1.82, 2.24) is 9.47 Å². The molecule has 0 bridgehead atoms. The minimum Gasteiger partial charge on any atom is -0.350 e. The highest BCUT2D eigenvalue weighted by molar-refractivity contribution is 8.18. The summed E-state index contributed by atoms with van der Waals surface area (Å²) in [5.41, 5.74) is 2.07. The summed E-state index contributed by atoms with van der Waals surface area (Å²) in [6.07, 6.45) is 3.79. The Morgan fingerprint density at radius 1 is 1.25 bits per heavy atom. The van der Waals surface area contributed by atoms with Gasteiger partial charge in [-0.3, -0.25) is 14.5 Å². The zero-order valence-corrected chi connectivity index (χ0v) is 12.1. The number of hydrogen-bond acceptors (Lipinski definition) is 3. The molecule has 4 nitrogen and oxygen atoms in total. The minimum absolute atomic E-state index is 0.191. The number of hydrogen-bond donors (Lipinski definition) is 0. The molecule has 2 aromatic rings. The van der Waals surface area contributed by atoms with E-state index in [9.17, 15) is 9.59 Å². The van der Waals surface area contributed by atoms with E-state index in [4.69, 9.17) is 0 Å². The van der Waals surface area contributed by atoms with Crippen molar-refractivity contribution < 1.29 is 9.59 Å². The molecule has 1 aliphatic rings. The van der Waals surface area contributed by atoms with E-state index in [0.29, 0.717) is 11.4 Å². The lowest BCUT2D eigenvalue weighted by molar-refractivity contribution is -0.122. The van der Waals surface area contributed by atoms with Crippen LogP contribution in [0.15, 0.2) is 35.4 Å². The van der Waals surface area contributed by atoms with Gasteiger partial charge in [-0.15, -0.1) is 0 Å². The molecular weight excluding hydrogens is 272 g/mol. The fourth-order valence-electron chi connectivity index (χ4n) is 2.40. The molecule has 0 aliphatic carbocycles. The van der Waals surface area contributed by atoms with Gasteiger partial charge in [0.1, 0.15) is 0 Å². The summed E-state index contributed by atoms with van der Waals surface area (Å²) in [5, 5.41) is 0.891. The molecule has 1 aromatic heterocycles. The number of aromatic nitrogens is 1. The number of carbonyl (C=O) groups is 2. The third-order valence-electron chi connectivity index (χ3n) is 3.40. The summed E-state index contributed by atoms with van der Waals surface area (Å²) >= 11 is 1.01. The van der Waals surface area contributed by atoms with Crippen molar-refractivity contribution in [1.29, 1.82) is 0 Å². The van der Waals surface area contributed by atoms with E-state index in [1.807, 2.05) is 48.2 Å². The molecule has 0 saturated carbocycles. The molecular formula is C15H14N2O2S. The van der Waals surface area contributed by atoms with Gasteiger partial charge in [0.2, 0.25) is 0 Å². The van der Waals surface area contributed by atoms with Crippen LogP contribution in [0, 0.1) is 0 Å². The van der Waals surface area contributed by atoms with Gasteiger partial charge in [-0.25, -0.2) is 0 Å². The molecule has 1 aromatic carbocycles. The van der Waals surface area contributed by atoms with Crippen molar-refractivity contribution in [3.05, 3.63) is 40.9 Å². The van der Waals surface area contributed by atoms with Crippen LogP contribution in [0.4, 0.5) is 4.79 Å². The molecule has 2 heterocycles. The van der Waals surface area contributed by atoms with Crippen molar-refractivity contribution in [2.45, 2.75) is 6.92 Å². The summed E-state index contributed by atoms with van der Waals surface area (Å²) in [5.74, 6) is -0.199. The third-order valence-corrected chi connectivity index (χ3v) is 4.31. The standard InChI is InChI=1S/C15H14N2O2S/c1-3-17-14(18)13(20-15(17)19)8-10-9-16(2)12-7-5-4-6-11(10)12/h4-9H,3H2,1-2H3/b13-8-. The summed E-state index contributed by atoms with van der Waals surface area (Å²) in [6.45, 7) is 2.22. The maximum atomic E-state index is 12.1. The molecule has 0 N–H and O–H groups in total.